The second kappa shape index (κ2) is 5.92. The van der Waals surface area contributed by atoms with E-state index in [1.807, 2.05) is 31.8 Å². The van der Waals surface area contributed by atoms with Crippen molar-refractivity contribution in [3.63, 3.8) is 0 Å². The lowest BCUT2D eigenvalue weighted by molar-refractivity contribution is 0.610. The van der Waals surface area contributed by atoms with Crippen LogP contribution in [0.1, 0.15) is 12.5 Å². The molecule has 1 heterocycles. The van der Waals surface area contributed by atoms with Gasteiger partial charge in [-0.15, -0.1) is 0 Å². The average Bonchev–Trinajstić information content (AvgIpc) is 2.26. The second-order valence-electron chi connectivity index (χ2n) is 5.94. The van der Waals surface area contributed by atoms with E-state index >= 15 is 0 Å². The zero-order valence-corrected chi connectivity index (χ0v) is 16.2. The molecule has 4 nitrogen and oxygen atoms in total. The van der Waals surface area contributed by atoms with E-state index < -0.39 is 21.8 Å². The Kier molecular flexibility index (Phi) is 4.74. The van der Waals surface area contributed by atoms with Crippen molar-refractivity contribution >= 4 is 27.9 Å². The Hall–Kier alpha value is -0.550. The maximum absolute atomic E-state index is 6.20. The Morgan fingerprint density at radius 2 is 1.43 bits per heavy atom. The lowest BCUT2D eigenvalue weighted by Gasteiger charge is -2.28. The molecular weight excluding hydrogens is 319 g/mol. The summed E-state index contributed by atoms with van der Waals surface area (Å²) < 4.78 is 20.8. The smallest absolute Gasteiger partial charge is 0.248 e. The second-order valence-corrected chi connectivity index (χ2v) is 15.3. The predicted octanol–water partition coefficient (Wildman–Crippen LogP) is 6.52. The van der Waals surface area contributed by atoms with Gasteiger partial charge >= 0.3 is 0 Å². The molecule has 0 N–H and O–H groups in total. The monoisotopic (exact) mass is 343 g/mol. The van der Waals surface area contributed by atoms with Gasteiger partial charge in [-0.1, -0.05) is 24.3 Å². The van der Waals surface area contributed by atoms with Gasteiger partial charge in [-0.2, -0.15) is 0 Å². The molecule has 1 aromatic carbocycles. The average molecular weight is 343 g/mol. The third-order valence-corrected chi connectivity index (χ3v) is 12.9. The molecule has 1 aromatic rings. The molecule has 1 atom stereocenters. The molecule has 0 spiro atoms. The summed E-state index contributed by atoms with van der Waals surface area (Å²) in [5.74, 6) is 0.841. The highest BCUT2D eigenvalue weighted by Crippen LogP contribution is 2.72. The largest absolute Gasteiger partial charge is 0.441 e. The van der Waals surface area contributed by atoms with Gasteiger partial charge in [-0.3, -0.25) is 0 Å². The fraction of sp³-hybridized carbons (Fsp3) is 0.429. The molecule has 1 aliphatic rings. The quantitative estimate of drug-likeness (QED) is 0.576. The minimum Gasteiger partial charge on any atom is -0.441 e. The molecule has 0 radical (unpaired) electrons. The van der Waals surface area contributed by atoms with Gasteiger partial charge in [0.15, 0.2) is 0 Å². The van der Waals surface area contributed by atoms with Gasteiger partial charge in [0.25, 0.3) is 0 Å². The highest BCUT2D eigenvalue weighted by molar-refractivity contribution is 7.84. The number of nitrogens with zero attached hydrogens (tertiary/aromatic N) is 3. The van der Waals surface area contributed by atoms with Crippen molar-refractivity contribution in [2.24, 2.45) is 13.5 Å². The van der Waals surface area contributed by atoms with Gasteiger partial charge in [-0.25, -0.2) is 13.5 Å². The minimum atomic E-state index is -2.12. The first-order valence-electron chi connectivity index (χ1n) is 6.84. The maximum Gasteiger partial charge on any atom is 0.248 e. The Labute approximate surface area is 128 Å². The highest BCUT2D eigenvalue weighted by Gasteiger charge is 2.26. The molecule has 21 heavy (non-hydrogen) atoms. The Morgan fingerprint density at radius 1 is 0.857 bits per heavy atom. The van der Waals surface area contributed by atoms with Crippen LogP contribution in [0.15, 0.2) is 43.9 Å². The number of rotatable bonds is 3. The van der Waals surface area contributed by atoms with E-state index in [1.165, 1.54) is 5.56 Å². The number of allylic oxidation sites excluding steroid dienone is 1. The molecule has 1 unspecified atom stereocenters. The van der Waals surface area contributed by atoms with E-state index in [-0.39, 0.29) is 0 Å². The zero-order valence-electron chi connectivity index (χ0n) is 13.6. The van der Waals surface area contributed by atoms with Gasteiger partial charge < -0.3 is 4.52 Å². The summed E-state index contributed by atoms with van der Waals surface area (Å²) in [6.07, 6.45) is 4.09. The van der Waals surface area contributed by atoms with Crippen LogP contribution in [0, 0.1) is 0 Å². The number of hydrogen-bond acceptors (Lipinski definition) is 4. The summed E-state index contributed by atoms with van der Waals surface area (Å²) >= 11 is 0. The maximum atomic E-state index is 6.20. The van der Waals surface area contributed by atoms with E-state index in [4.69, 9.17) is 18.1 Å². The summed E-state index contributed by atoms with van der Waals surface area (Å²) in [5, 5.41) is 0. The molecule has 0 saturated heterocycles. The first-order chi connectivity index (χ1) is 9.63. The SMILES string of the molecule is C/C=C/c1ccc(OP2(C)=NP(C)(C)=NP(C)(C)=N2)cc1. The fourth-order valence-corrected chi connectivity index (χ4v) is 15.5. The van der Waals surface area contributed by atoms with Crippen LogP contribution in [0.5, 0.6) is 5.75 Å². The molecule has 0 bridgehead atoms. The van der Waals surface area contributed by atoms with Gasteiger partial charge in [0.2, 0.25) is 7.43 Å². The lowest BCUT2D eigenvalue weighted by atomic mass is 10.2. The topological polar surface area (TPSA) is 46.3 Å². The van der Waals surface area contributed by atoms with Gasteiger partial charge in [0.05, 0.1) is 14.4 Å². The van der Waals surface area contributed by atoms with E-state index in [0.29, 0.717) is 0 Å². The molecule has 0 aromatic heterocycles. The minimum absolute atomic E-state index is 0.841. The summed E-state index contributed by atoms with van der Waals surface area (Å²) in [6.45, 7) is 12.6. The van der Waals surface area contributed by atoms with Crippen molar-refractivity contribution in [1.82, 2.24) is 0 Å². The first kappa shape index (κ1) is 16.8. The first-order valence-corrected chi connectivity index (χ1v) is 14.1. The molecule has 0 aliphatic carbocycles. The molecule has 0 saturated carbocycles. The number of benzene rings is 1. The summed E-state index contributed by atoms with van der Waals surface area (Å²) in [5.41, 5.74) is 1.17. The number of hydrogen-bond donors (Lipinski definition) is 0. The Bertz CT molecular complexity index is 713. The van der Waals surface area contributed by atoms with Gasteiger partial charge in [-0.05, 0) is 51.3 Å². The standard InChI is InChI=1S/C14H24N3OP3/c1-7-8-13-9-11-14(12-10-13)18-21(6)16-19(2,3)15-20(4,5)17-21/h7-12H,1-6H3/b8-7+. The van der Waals surface area contributed by atoms with Crippen molar-refractivity contribution in [2.75, 3.05) is 33.3 Å². The van der Waals surface area contributed by atoms with E-state index in [2.05, 4.69) is 44.9 Å². The highest BCUT2D eigenvalue weighted by atomic mass is 31.3. The van der Waals surface area contributed by atoms with Gasteiger partial charge in [0, 0.05) is 6.66 Å². The van der Waals surface area contributed by atoms with E-state index in [0.717, 1.165) is 5.75 Å². The Morgan fingerprint density at radius 3 is 1.95 bits per heavy atom. The third kappa shape index (κ3) is 4.71. The molecule has 116 valence electrons. The zero-order chi connectivity index (χ0) is 15.7. The molecule has 1 aliphatic heterocycles. The van der Waals surface area contributed by atoms with Crippen molar-refractivity contribution in [2.45, 2.75) is 6.92 Å². The van der Waals surface area contributed by atoms with Crippen molar-refractivity contribution in [1.29, 1.82) is 0 Å². The van der Waals surface area contributed by atoms with Crippen LogP contribution in [-0.2, 0) is 0 Å². The van der Waals surface area contributed by atoms with Crippen LogP contribution in [0.25, 0.3) is 6.08 Å². The predicted molar refractivity (Wildman–Crippen MR) is 99.4 cm³/mol. The summed E-state index contributed by atoms with van der Waals surface area (Å²) in [6, 6.07) is 8.09. The Balaban J connectivity index is 2.37. The molecule has 0 amide bonds. The van der Waals surface area contributed by atoms with Crippen LogP contribution < -0.4 is 4.52 Å². The van der Waals surface area contributed by atoms with Crippen LogP contribution in [0.3, 0.4) is 0 Å². The van der Waals surface area contributed by atoms with Gasteiger partial charge in [0.1, 0.15) is 5.75 Å². The normalized spacial score (nSPS) is 26.6. The molecule has 0 fully saturated rings. The molecule has 7 heteroatoms. The molecular formula is C14H24N3OP3. The van der Waals surface area contributed by atoms with Crippen molar-refractivity contribution < 1.29 is 4.52 Å². The van der Waals surface area contributed by atoms with Crippen LogP contribution in [0.2, 0.25) is 0 Å². The van der Waals surface area contributed by atoms with E-state index in [9.17, 15) is 0 Å². The van der Waals surface area contributed by atoms with Crippen molar-refractivity contribution in [3.05, 3.63) is 35.9 Å². The van der Waals surface area contributed by atoms with Crippen molar-refractivity contribution in [3.8, 4) is 5.75 Å². The van der Waals surface area contributed by atoms with Crippen LogP contribution >= 0.6 is 21.8 Å². The van der Waals surface area contributed by atoms with E-state index in [1.54, 1.807) is 0 Å². The summed E-state index contributed by atoms with van der Waals surface area (Å²) in [4.78, 5) is 0. The van der Waals surface area contributed by atoms with Crippen LogP contribution in [0.4, 0.5) is 0 Å². The molecule has 2 rings (SSSR count). The summed E-state index contributed by atoms with van der Waals surface area (Å²) in [7, 11) is -5.36. The van der Waals surface area contributed by atoms with Crippen LogP contribution in [-0.4, -0.2) is 33.3 Å². The fourth-order valence-electron chi connectivity index (χ4n) is 2.47. The lowest BCUT2D eigenvalue weighted by Crippen LogP contribution is -1.93. The third-order valence-electron chi connectivity index (χ3n) is 2.73.